The first-order valence-electron chi connectivity index (χ1n) is 31.2. The molecule has 0 fully saturated rings. The van der Waals surface area contributed by atoms with Crippen LogP contribution >= 0.6 is 0 Å². The van der Waals surface area contributed by atoms with Crippen molar-refractivity contribution in [1.29, 1.82) is 0 Å². The Morgan fingerprint density at radius 3 is 0.682 bits per heavy atom. The zero-order valence-corrected chi connectivity index (χ0v) is 45.8. The van der Waals surface area contributed by atoms with E-state index >= 15 is 0 Å². The highest BCUT2D eigenvalue weighted by Crippen LogP contribution is 2.19. The number of amides is 1. The van der Waals surface area contributed by atoms with E-state index in [1.165, 1.54) is 321 Å². The van der Waals surface area contributed by atoms with Crippen LogP contribution in [0.5, 0.6) is 0 Å². The largest absolute Gasteiger partial charge is 0.394 e. The fourth-order valence-electron chi connectivity index (χ4n) is 10.4. The first kappa shape index (κ1) is 65.4. The third-order valence-corrected chi connectivity index (χ3v) is 15.1. The maximum Gasteiger partial charge on any atom is 0.220 e. The Balaban J connectivity index is 3.33. The van der Waals surface area contributed by atoms with E-state index in [1.54, 1.807) is 0 Å². The summed E-state index contributed by atoms with van der Waals surface area (Å²) in [7, 11) is 0. The zero-order valence-electron chi connectivity index (χ0n) is 45.8. The lowest BCUT2D eigenvalue weighted by molar-refractivity contribution is -0.123. The van der Waals surface area contributed by atoms with Crippen LogP contribution in [0, 0.1) is 0 Å². The van der Waals surface area contributed by atoms with Gasteiger partial charge in [0, 0.05) is 6.42 Å². The average Bonchev–Trinajstić information content (AvgIpc) is 3.32. The highest BCUT2D eigenvalue weighted by Gasteiger charge is 2.20. The monoisotopic (exact) mass is 932 g/mol. The second-order valence-electron chi connectivity index (χ2n) is 21.8. The molecule has 66 heavy (non-hydrogen) atoms. The molecule has 1 amide bonds. The molecule has 0 rings (SSSR count). The molecule has 4 heteroatoms. The third-order valence-electron chi connectivity index (χ3n) is 15.1. The van der Waals surface area contributed by atoms with E-state index < -0.39 is 12.1 Å². The minimum atomic E-state index is -0.655. The lowest BCUT2D eigenvalue weighted by Crippen LogP contribution is -2.45. The van der Waals surface area contributed by atoms with Crippen molar-refractivity contribution in [2.75, 3.05) is 6.61 Å². The summed E-state index contributed by atoms with van der Waals surface area (Å²) in [6.07, 6.45) is 75.6. The molecule has 4 nitrogen and oxygen atoms in total. The van der Waals surface area contributed by atoms with Crippen LogP contribution in [0.25, 0.3) is 0 Å². The van der Waals surface area contributed by atoms with E-state index in [2.05, 4.69) is 19.2 Å². The van der Waals surface area contributed by atoms with Gasteiger partial charge in [-0.15, -0.1) is 0 Å². The van der Waals surface area contributed by atoms with Gasteiger partial charge in [-0.2, -0.15) is 0 Å². The molecule has 0 saturated heterocycles. The van der Waals surface area contributed by atoms with E-state index in [1.807, 2.05) is 0 Å². The zero-order chi connectivity index (χ0) is 47.7. The maximum absolute atomic E-state index is 12.5. The Labute approximate surface area is 416 Å². The second kappa shape index (κ2) is 58.7. The van der Waals surface area contributed by atoms with Crippen molar-refractivity contribution in [2.24, 2.45) is 0 Å². The second-order valence-corrected chi connectivity index (χ2v) is 21.8. The number of rotatable bonds is 59. The van der Waals surface area contributed by atoms with Crippen LogP contribution in [0.15, 0.2) is 0 Å². The molecule has 0 aliphatic heterocycles. The molecule has 0 heterocycles. The van der Waals surface area contributed by atoms with Crippen molar-refractivity contribution in [3.63, 3.8) is 0 Å². The average molecular weight is 933 g/mol. The van der Waals surface area contributed by atoms with Crippen LogP contribution in [-0.2, 0) is 4.79 Å². The molecular formula is C62H125NO3. The van der Waals surface area contributed by atoms with Gasteiger partial charge in [-0.05, 0) is 12.8 Å². The number of aliphatic hydroxyl groups excluding tert-OH is 2. The number of carbonyl (C=O) groups is 1. The van der Waals surface area contributed by atoms with Gasteiger partial charge < -0.3 is 15.5 Å². The van der Waals surface area contributed by atoms with Gasteiger partial charge in [-0.25, -0.2) is 0 Å². The molecule has 396 valence electrons. The number of hydrogen-bond acceptors (Lipinski definition) is 3. The molecule has 2 unspecified atom stereocenters. The number of unbranched alkanes of at least 4 members (excludes halogenated alkanes) is 52. The Morgan fingerprint density at radius 2 is 0.485 bits per heavy atom. The molecule has 0 bridgehead atoms. The molecule has 3 N–H and O–H groups in total. The summed E-state index contributed by atoms with van der Waals surface area (Å²) in [4.78, 5) is 12.5. The number of carbonyl (C=O) groups excluding carboxylic acids is 1. The van der Waals surface area contributed by atoms with Gasteiger partial charge in [0.2, 0.25) is 5.91 Å². The first-order valence-corrected chi connectivity index (χ1v) is 31.2. The highest BCUT2D eigenvalue weighted by molar-refractivity contribution is 5.76. The van der Waals surface area contributed by atoms with Crippen LogP contribution in [-0.4, -0.2) is 34.9 Å². The van der Waals surface area contributed by atoms with Crippen LogP contribution in [0.1, 0.15) is 373 Å². The number of hydrogen-bond donors (Lipinski definition) is 3. The molecular weight excluding hydrogens is 807 g/mol. The van der Waals surface area contributed by atoms with E-state index in [9.17, 15) is 15.0 Å². The Kier molecular flexibility index (Phi) is 58.2. The van der Waals surface area contributed by atoms with Crippen molar-refractivity contribution in [2.45, 2.75) is 386 Å². The molecule has 0 aromatic rings. The first-order chi connectivity index (χ1) is 32.7. The Morgan fingerprint density at radius 1 is 0.303 bits per heavy atom. The van der Waals surface area contributed by atoms with E-state index in [0.29, 0.717) is 12.8 Å². The molecule has 2 atom stereocenters. The van der Waals surface area contributed by atoms with Crippen molar-refractivity contribution >= 4 is 5.91 Å². The third kappa shape index (κ3) is 54.3. The minimum Gasteiger partial charge on any atom is -0.394 e. The van der Waals surface area contributed by atoms with Crippen molar-refractivity contribution in [1.82, 2.24) is 5.32 Å². The standard InChI is InChI=1S/C62H125NO3/c1-3-5-7-9-11-13-15-17-19-21-22-23-24-25-26-27-28-29-30-31-32-33-34-35-36-37-38-39-40-42-44-46-48-50-52-54-56-58-62(66)63-60(59-64)61(65)57-55-53-51-49-47-45-43-41-20-18-16-14-12-10-8-6-4-2/h60-61,64-65H,3-59H2,1-2H3,(H,63,66). The van der Waals surface area contributed by atoms with Crippen LogP contribution < -0.4 is 5.32 Å². The maximum atomic E-state index is 12.5. The SMILES string of the molecule is CCCCCCCCCCCCCCCCCCCCCCCCCCCCCCCCCCCCCCCC(=O)NC(CO)C(O)CCCCCCCCCCCCCCCCCCC. The van der Waals surface area contributed by atoms with E-state index in [-0.39, 0.29) is 12.5 Å². The summed E-state index contributed by atoms with van der Waals surface area (Å²) in [6.45, 7) is 4.41. The fraction of sp³-hybridized carbons (Fsp3) is 0.984. The molecule has 0 aliphatic rings. The summed E-state index contributed by atoms with van der Waals surface area (Å²) in [6, 6.07) is -0.531. The minimum absolute atomic E-state index is 0.0215. The van der Waals surface area contributed by atoms with Gasteiger partial charge in [0.05, 0.1) is 18.8 Å². The Bertz CT molecular complexity index is 879. The normalized spacial score (nSPS) is 12.6. The summed E-state index contributed by atoms with van der Waals surface area (Å²) in [5.74, 6) is -0.0215. The van der Waals surface area contributed by atoms with Crippen LogP contribution in [0.4, 0.5) is 0 Å². The fourth-order valence-corrected chi connectivity index (χ4v) is 10.4. The molecule has 0 aromatic heterocycles. The summed E-state index contributed by atoms with van der Waals surface area (Å²) < 4.78 is 0. The topological polar surface area (TPSA) is 69.6 Å². The summed E-state index contributed by atoms with van der Waals surface area (Å²) >= 11 is 0. The van der Waals surface area contributed by atoms with Crippen LogP contribution in [0.3, 0.4) is 0 Å². The highest BCUT2D eigenvalue weighted by atomic mass is 16.3. The quantitative estimate of drug-likeness (QED) is 0.0532. The van der Waals surface area contributed by atoms with E-state index in [4.69, 9.17) is 0 Å². The predicted octanol–water partition coefficient (Wildman–Crippen LogP) is 20.7. The molecule has 0 saturated carbocycles. The number of nitrogens with one attached hydrogen (secondary N) is 1. The lowest BCUT2D eigenvalue weighted by atomic mass is 10.0. The van der Waals surface area contributed by atoms with Crippen molar-refractivity contribution < 1.29 is 15.0 Å². The van der Waals surface area contributed by atoms with Gasteiger partial charge in [0.25, 0.3) is 0 Å². The smallest absolute Gasteiger partial charge is 0.220 e. The van der Waals surface area contributed by atoms with Crippen LogP contribution in [0.2, 0.25) is 0 Å². The van der Waals surface area contributed by atoms with Gasteiger partial charge in [-0.1, -0.05) is 354 Å². The molecule has 0 radical (unpaired) electrons. The lowest BCUT2D eigenvalue weighted by Gasteiger charge is -2.22. The Hall–Kier alpha value is -0.610. The van der Waals surface area contributed by atoms with Gasteiger partial charge >= 0.3 is 0 Å². The molecule has 0 aliphatic carbocycles. The summed E-state index contributed by atoms with van der Waals surface area (Å²) in [5.41, 5.74) is 0. The van der Waals surface area contributed by atoms with Crippen molar-refractivity contribution in [3.8, 4) is 0 Å². The van der Waals surface area contributed by atoms with Gasteiger partial charge in [0.15, 0.2) is 0 Å². The molecule has 0 aromatic carbocycles. The van der Waals surface area contributed by atoms with E-state index in [0.717, 1.165) is 25.7 Å². The molecule has 0 spiro atoms. The van der Waals surface area contributed by atoms with Crippen molar-refractivity contribution in [3.05, 3.63) is 0 Å². The van der Waals surface area contributed by atoms with Gasteiger partial charge in [0.1, 0.15) is 0 Å². The number of aliphatic hydroxyl groups is 2. The van der Waals surface area contributed by atoms with Gasteiger partial charge in [-0.3, -0.25) is 4.79 Å². The summed E-state index contributed by atoms with van der Waals surface area (Å²) in [5, 5.41) is 23.3. The predicted molar refractivity (Wildman–Crippen MR) is 295 cm³/mol.